The molecule has 1 heterocycles. The molecule has 2 N–H and O–H groups in total. The number of hydrogen-bond donors (Lipinski definition) is 2. The van der Waals surface area contributed by atoms with E-state index >= 15 is 0 Å². The van der Waals surface area contributed by atoms with Crippen molar-refractivity contribution in [1.82, 2.24) is 0 Å². The zero-order valence-corrected chi connectivity index (χ0v) is 19.0. The van der Waals surface area contributed by atoms with Gasteiger partial charge in [-0.1, -0.05) is 49.4 Å². The molecule has 33 heavy (non-hydrogen) atoms. The fourth-order valence-corrected chi connectivity index (χ4v) is 3.83. The molecule has 2 aromatic rings. The van der Waals surface area contributed by atoms with Crippen molar-refractivity contribution in [3.8, 4) is 0 Å². The molecule has 1 aliphatic rings. The van der Waals surface area contributed by atoms with E-state index in [2.05, 4.69) is 23.8 Å². The largest absolute Gasteiger partial charge is 0.508 e. The Bertz CT molecular complexity index is 946. The summed E-state index contributed by atoms with van der Waals surface area (Å²) in [5.41, 5.74) is 4.71. The Labute approximate surface area is 192 Å². The van der Waals surface area contributed by atoms with Crippen molar-refractivity contribution in [3.63, 3.8) is 0 Å². The number of benzene rings is 2. The van der Waals surface area contributed by atoms with E-state index in [0.717, 1.165) is 23.1 Å². The van der Waals surface area contributed by atoms with Gasteiger partial charge in [0.05, 0.1) is 6.61 Å². The van der Waals surface area contributed by atoms with Gasteiger partial charge in [-0.2, -0.15) is 0 Å². The Hall–Kier alpha value is -2.55. The third-order valence-corrected chi connectivity index (χ3v) is 5.91. The summed E-state index contributed by atoms with van der Waals surface area (Å²) in [6, 6.07) is 13.5. The average Bonchev–Trinajstić information content (AvgIpc) is 2.79. The van der Waals surface area contributed by atoms with Gasteiger partial charge in [0.25, 0.3) is 0 Å². The number of ether oxygens (including phenoxy) is 3. The van der Waals surface area contributed by atoms with Crippen molar-refractivity contribution in [2.45, 2.75) is 64.0 Å². The Kier molecular flexibility index (Phi) is 8.05. The number of rotatable bonds is 7. The fraction of sp³-hybridized carbons (Fsp3) is 0.480. The zero-order valence-electron chi connectivity index (χ0n) is 19.0. The van der Waals surface area contributed by atoms with Crippen LogP contribution in [0.2, 0.25) is 0 Å². The van der Waals surface area contributed by atoms with Crippen LogP contribution in [0.1, 0.15) is 47.8 Å². The summed E-state index contributed by atoms with van der Waals surface area (Å²) in [5.74, 6) is -3.82. The number of aliphatic hydroxyl groups is 2. The van der Waals surface area contributed by atoms with E-state index in [4.69, 9.17) is 9.47 Å². The number of aryl methyl sites for hydroxylation is 2. The van der Waals surface area contributed by atoms with Crippen molar-refractivity contribution in [2.24, 2.45) is 0 Å². The first kappa shape index (κ1) is 25.1. The first-order valence-electron chi connectivity index (χ1n) is 11.0. The predicted octanol–water partition coefficient (Wildman–Crippen LogP) is 4.12. The van der Waals surface area contributed by atoms with Crippen LogP contribution in [-0.2, 0) is 27.1 Å². The molecule has 0 radical (unpaired) electrons. The van der Waals surface area contributed by atoms with Crippen LogP contribution in [0.4, 0.5) is 13.6 Å². The van der Waals surface area contributed by atoms with Crippen LogP contribution >= 0.6 is 0 Å². The quantitative estimate of drug-likeness (QED) is 0.600. The van der Waals surface area contributed by atoms with Gasteiger partial charge in [0.2, 0.25) is 0 Å². The summed E-state index contributed by atoms with van der Waals surface area (Å²) in [7, 11) is 0. The normalized spacial score (nSPS) is 24.3. The molecule has 1 saturated heterocycles. The van der Waals surface area contributed by atoms with Crippen LogP contribution in [-0.4, -0.2) is 53.8 Å². The molecule has 3 rings (SSSR count). The number of halogens is 2. The summed E-state index contributed by atoms with van der Waals surface area (Å²) >= 11 is 0. The molecule has 180 valence electrons. The molecule has 4 atom stereocenters. The lowest BCUT2D eigenvalue weighted by Crippen LogP contribution is -2.60. The van der Waals surface area contributed by atoms with Crippen molar-refractivity contribution >= 4 is 6.16 Å². The van der Waals surface area contributed by atoms with E-state index < -0.39 is 43.1 Å². The minimum absolute atomic E-state index is 0.0258. The van der Waals surface area contributed by atoms with Gasteiger partial charge >= 0.3 is 12.1 Å². The second kappa shape index (κ2) is 10.6. The molecular formula is C25H30F2O6. The minimum atomic E-state index is -3.82. The monoisotopic (exact) mass is 464 g/mol. The van der Waals surface area contributed by atoms with Gasteiger partial charge in [-0.3, -0.25) is 0 Å². The Morgan fingerprint density at radius 1 is 1.06 bits per heavy atom. The van der Waals surface area contributed by atoms with E-state index in [1.54, 1.807) is 19.1 Å². The maximum Gasteiger partial charge on any atom is 0.508 e. The first-order valence-corrected chi connectivity index (χ1v) is 11.0. The number of alkyl halides is 2. The van der Waals surface area contributed by atoms with Gasteiger partial charge in [-0.25, -0.2) is 13.6 Å². The summed E-state index contributed by atoms with van der Waals surface area (Å²) < 4.78 is 43.9. The third-order valence-electron chi connectivity index (χ3n) is 5.91. The second-order valence-corrected chi connectivity index (χ2v) is 8.18. The highest BCUT2D eigenvalue weighted by Crippen LogP contribution is 2.41. The Morgan fingerprint density at radius 3 is 2.36 bits per heavy atom. The molecule has 0 aliphatic carbocycles. The van der Waals surface area contributed by atoms with Crippen molar-refractivity contribution in [2.75, 3.05) is 13.2 Å². The van der Waals surface area contributed by atoms with Crippen LogP contribution in [0.3, 0.4) is 0 Å². The molecule has 0 bridgehead atoms. The van der Waals surface area contributed by atoms with E-state index in [1.807, 2.05) is 25.1 Å². The first-order chi connectivity index (χ1) is 15.7. The zero-order chi connectivity index (χ0) is 24.2. The number of aliphatic hydroxyl groups excluding tert-OH is 2. The molecule has 6 nitrogen and oxygen atoms in total. The maximum atomic E-state index is 14.6. The molecule has 0 amide bonds. The summed E-state index contributed by atoms with van der Waals surface area (Å²) in [6.07, 6.45) is -6.98. The molecular weight excluding hydrogens is 434 g/mol. The van der Waals surface area contributed by atoms with Crippen molar-refractivity contribution in [1.29, 1.82) is 0 Å². The van der Waals surface area contributed by atoms with Gasteiger partial charge < -0.3 is 24.4 Å². The molecule has 1 fully saturated rings. The minimum Gasteiger partial charge on any atom is -0.435 e. The van der Waals surface area contributed by atoms with Crippen molar-refractivity contribution in [3.05, 3.63) is 70.3 Å². The van der Waals surface area contributed by atoms with E-state index in [1.165, 1.54) is 5.56 Å². The molecule has 0 saturated carbocycles. The van der Waals surface area contributed by atoms with Crippen LogP contribution in [0.25, 0.3) is 0 Å². The maximum absolute atomic E-state index is 14.6. The standard InChI is InChI=1S/C25H30F2O6/c1-4-16-7-9-17(10-8-16)12-19-13-18(11-6-15(19)3)22-21(28)23(29)25(26,27)20(33-22)14-32-24(30)31-5-2/h6-11,13,20-23,28-29H,4-5,12,14H2,1-3H3. The molecule has 0 aromatic heterocycles. The number of hydrogen-bond acceptors (Lipinski definition) is 6. The van der Waals surface area contributed by atoms with Crippen LogP contribution in [0.5, 0.6) is 0 Å². The van der Waals surface area contributed by atoms with Gasteiger partial charge in [0.15, 0.2) is 6.10 Å². The van der Waals surface area contributed by atoms with Gasteiger partial charge in [-0.05, 0) is 54.5 Å². The summed E-state index contributed by atoms with van der Waals surface area (Å²) in [5, 5.41) is 20.6. The van der Waals surface area contributed by atoms with Gasteiger partial charge in [-0.15, -0.1) is 0 Å². The lowest BCUT2D eigenvalue weighted by molar-refractivity contribution is -0.296. The van der Waals surface area contributed by atoms with Crippen LogP contribution < -0.4 is 0 Å². The average molecular weight is 465 g/mol. The fourth-order valence-electron chi connectivity index (χ4n) is 3.83. The van der Waals surface area contributed by atoms with Gasteiger partial charge in [0.1, 0.15) is 24.9 Å². The predicted molar refractivity (Wildman–Crippen MR) is 117 cm³/mol. The van der Waals surface area contributed by atoms with Gasteiger partial charge in [0, 0.05) is 0 Å². The highest BCUT2D eigenvalue weighted by Gasteiger charge is 2.58. The molecule has 4 unspecified atom stereocenters. The second-order valence-electron chi connectivity index (χ2n) is 8.18. The molecule has 8 heteroatoms. The highest BCUT2D eigenvalue weighted by molar-refractivity contribution is 5.59. The third kappa shape index (κ3) is 5.69. The van der Waals surface area contributed by atoms with E-state index in [0.29, 0.717) is 12.0 Å². The van der Waals surface area contributed by atoms with E-state index in [-0.39, 0.29) is 6.61 Å². The Morgan fingerprint density at radius 2 is 1.73 bits per heavy atom. The molecule has 2 aromatic carbocycles. The SMILES string of the molecule is CCOC(=O)OCC1OC(c2ccc(C)c(Cc3ccc(CC)cc3)c2)C(O)C(O)C1(F)F. The molecule has 0 spiro atoms. The van der Waals surface area contributed by atoms with Crippen LogP contribution in [0.15, 0.2) is 42.5 Å². The lowest BCUT2D eigenvalue weighted by atomic mass is 9.88. The van der Waals surface area contributed by atoms with E-state index in [9.17, 15) is 23.8 Å². The molecule has 1 aliphatic heterocycles. The number of carbonyl (C=O) groups excluding carboxylic acids is 1. The van der Waals surface area contributed by atoms with Crippen molar-refractivity contribution < 1.29 is 38.0 Å². The topological polar surface area (TPSA) is 85.2 Å². The van der Waals surface area contributed by atoms with Crippen LogP contribution in [0, 0.1) is 6.92 Å². The summed E-state index contributed by atoms with van der Waals surface area (Å²) in [6.45, 7) is 4.78. The highest BCUT2D eigenvalue weighted by atomic mass is 19.3. The number of carbonyl (C=O) groups is 1. The summed E-state index contributed by atoms with van der Waals surface area (Å²) in [4.78, 5) is 11.4. The lowest BCUT2D eigenvalue weighted by Gasteiger charge is -2.42. The Balaban J connectivity index is 1.82. The smallest absolute Gasteiger partial charge is 0.435 e.